The normalized spacial score (nSPS) is 11.7. The third-order valence-corrected chi connectivity index (χ3v) is 5.45. The third kappa shape index (κ3) is 6.78. The van der Waals surface area contributed by atoms with Crippen molar-refractivity contribution >= 4 is 28.6 Å². The molecule has 1 atom stereocenters. The molecule has 3 aromatic carbocycles. The van der Waals surface area contributed by atoms with Crippen LogP contribution < -0.4 is 16.2 Å². The SMILES string of the molecule is NCCCCOc1cc2ccccc2cc1C(=O)N(CC(=O)O)C(=O)[C@@H](N)Cc1ccc(O)cc1. The Bertz CT molecular complexity index is 1200. The molecule has 0 heterocycles. The summed E-state index contributed by atoms with van der Waals surface area (Å²) in [7, 11) is 0. The second-order valence-electron chi connectivity index (χ2n) is 8.14. The molecular formula is C26H29N3O6. The molecule has 0 bridgehead atoms. The van der Waals surface area contributed by atoms with Crippen LogP contribution in [0.3, 0.4) is 0 Å². The van der Waals surface area contributed by atoms with E-state index in [4.69, 9.17) is 16.2 Å². The minimum Gasteiger partial charge on any atom is -0.508 e. The number of phenolic OH excluding ortho intramolecular Hbond substituents is 1. The number of benzene rings is 3. The summed E-state index contributed by atoms with van der Waals surface area (Å²) in [5.41, 5.74) is 12.3. The molecule has 3 aromatic rings. The Morgan fingerprint density at radius 2 is 1.63 bits per heavy atom. The number of carboxylic acids is 1. The third-order valence-electron chi connectivity index (χ3n) is 5.45. The van der Waals surface area contributed by atoms with Crippen molar-refractivity contribution in [2.24, 2.45) is 11.5 Å². The molecule has 0 unspecified atom stereocenters. The highest BCUT2D eigenvalue weighted by molar-refractivity contribution is 6.10. The predicted molar refractivity (Wildman–Crippen MR) is 131 cm³/mol. The summed E-state index contributed by atoms with van der Waals surface area (Å²) in [5.74, 6) is -2.67. The van der Waals surface area contributed by atoms with Crippen LogP contribution in [-0.4, -0.2) is 58.6 Å². The van der Waals surface area contributed by atoms with E-state index in [1.807, 2.05) is 24.3 Å². The number of hydrogen-bond donors (Lipinski definition) is 4. The van der Waals surface area contributed by atoms with Crippen molar-refractivity contribution in [2.75, 3.05) is 19.7 Å². The number of aromatic hydroxyl groups is 1. The predicted octanol–water partition coefficient (Wildman–Crippen LogP) is 2.29. The maximum Gasteiger partial charge on any atom is 0.323 e. The molecular weight excluding hydrogens is 450 g/mol. The van der Waals surface area contributed by atoms with E-state index in [2.05, 4.69) is 0 Å². The number of amides is 2. The van der Waals surface area contributed by atoms with E-state index in [0.29, 0.717) is 30.0 Å². The first kappa shape index (κ1) is 25.7. The van der Waals surface area contributed by atoms with Gasteiger partial charge in [0.15, 0.2) is 0 Å². The van der Waals surface area contributed by atoms with Crippen LogP contribution in [0.4, 0.5) is 0 Å². The van der Waals surface area contributed by atoms with Gasteiger partial charge in [-0.1, -0.05) is 36.4 Å². The summed E-state index contributed by atoms with van der Waals surface area (Å²) in [4.78, 5) is 38.9. The largest absolute Gasteiger partial charge is 0.508 e. The van der Waals surface area contributed by atoms with E-state index in [1.165, 1.54) is 12.1 Å². The molecule has 0 aliphatic carbocycles. The Morgan fingerprint density at radius 1 is 0.971 bits per heavy atom. The number of rotatable bonds is 11. The van der Waals surface area contributed by atoms with Crippen LogP contribution in [0, 0.1) is 0 Å². The molecule has 2 amide bonds. The number of nitrogens with two attached hydrogens (primary N) is 2. The van der Waals surface area contributed by atoms with Crippen molar-refractivity contribution in [3.8, 4) is 11.5 Å². The van der Waals surface area contributed by atoms with E-state index in [0.717, 1.165) is 17.2 Å². The zero-order valence-corrected chi connectivity index (χ0v) is 19.2. The fourth-order valence-electron chi connectivity index (χ4n) is 3.64. The standard InChI is InChI=1S/C26H29N3O6/c27-11-3-4-12-35-23-15-19-6-2-1-5-18(19)14-21(23)25(33)29(16-24(31)32)26(34)22(28)13-17-7-9-20(30)10-8-17/h1-2,5-10,14-15,22,30H,3-4,11-13,16,27-28H2,(H,31,32)/t22-/m0/s1. The minimum atomic E-state index is -1.35. The molecule has 0 spiro atoms. The lowest BCUT2D eigenvalue weighted by Crippen LogP contribution is -2.49. The molecule has 0 aromatic heterocycles. The Hall–Kier alpha value is -3.95. The average Bonchev–Trinajstić information content (AvgIpc) is 2.85. The van der Waals surface area contributed by atoms with Gasteiger partial charge in [0.05, 0.1) is 18.2 Å². The Labute approximate surface area is 202 Å². The Balaban J connectivity index is 1.92. The summed E-state index contributed by atoms with van der Waals surface area (Å²) in [5, 5.41) is 20.4. The molecule has 6 N–H and O–H groups in total. The van der Waals surface area contributed by atoms with E-state index in [9.17, 15) is 24.6 Å². The molecule has 184 valence electrons. The first-order chi connectivity index (χ1) is 16.8. The zero-order chi connectivity index (χ0) is 25.4. The molecule has 0 aliphatic rings. The van der Waals surface area contributed by atoms with Crippen molar-refractivity contribution in [1.29, 1.82) is 0 Å². The van der Waals surface area contributed by atoms with E-state index >= 15 is 0 Å². The molecule has 0 saturated heterocycles. The number of carbonyl (C=O) groups is 3. The van der Waals surface area contributed by atoms with Crippen molar-refractivity contribution in [3.05, 3.63) is 71.8 Å². The smallest absolute Gasteiger partial charge is 0.323 e. The lowest BCUT2D eigenvalue weighted by atomic mass is 10.0. The first-order valence-electron chi connectivity index (χ1n) is 11.3. The average molecular weight is 480 g/mol. The number of aliphatic carboxylic acids is 1. The number of nitrogens with zero attached hydrogens (tertiary/aromatic N) is 1. The first-order valence-corrected chi connectivity index (χ1v) is 11.3. The number of phenols is 1. The molecule has 0 fully saturated rings. The van der Waals surface area contributed by atoms with Gasteiger partial charge in [-0.2, -0.15) is 0 Å². The summed E-state index contributed by atoms with van der Waals surface area (Å²) in [6.45, 7) is -0.0316. The summed E-state index contributed by atoms with van der Waals surface area (Å²) in [6.07, 6.45) is 1.47. The van der Waals surface area contributed by atoms with Crippen LogP contribution in [0.5, 0.6) is 11.5 Å². The molecule has 3 rings (SSSR count). The van der Waals surface area contributed by atoms with Gasteiger partial charge >= 0.3 is 5.97 Å². The van der Waals surface area contributed by atoms with E-state index < -0.39 is 30.4 Å². The van der Waals surface area contributed by atoms with Crippen LogP contribution in [0.15, 0.2) is 60.7 Å². The Kier molecular flexibility index (Phi) is 8.77. The van der Waals surface area contributed by atoms with Crippen molar-refractivity contribution in [1.82, 2.24) is 4.90 Å². The zero-order valence-electron chi connectivity index (χ0n) is 19.2. The van der Waals surface area contributed by atoms with Gasteiger partial charge in [0.25, 0.3) is 5.91 Å². The number of carbonyl (C=O) groups excluding carboxylic acids is 2. The number of carboxylic acid groups (broad SMARTS) is 1. The topological polar surface area (TPSA) is 156 Å². The van der Waals surface area contributed by atoms with Crippen LogP contribution in [-0.2, 0) is 16.0 Å². The van der Waals surface area contributed by atoms with Gasteiger partial charge in [0.2, 0.25) is 5.91 Å². The van der Waals surface area contributed by atoms with Crippen LogP contribution >= 0.6 is 0 Å². The molecule has 35 heavy (non-hydrogen) atoms. The summed E-state index contributed by atoms with van der Waals surface area (Å²) in [6, 6.07) is 15.6. The second-order valence-corrected chi connectivity index (χ2v) is 8.14. The number of unbranched alkanes of at least 4 members (excludes halogenated alkanes) is 1. The molecule has 0 radical (unpaired) electrons. The highest BCUT2D eigenvalue weighted by Crippen LogP contribution is 2.28. The van der Waals surface area contributed by atoms with Crippen molar-refractivity contribution < 1.29 is 29.3 Å². The molecule has 0 aliphatic heterocycles. The maximum atomic E-state index is 13.5. The lowest BCUT2D eigenvalue weighted by Gasteiger charge is -2.24. The van der Waals surface area contributed by atoms with Gasteiger partial charge in [-0.15, -0.1) is 0 Å². The van der Waals surface area contributed by atoms with Gasteiger partial charge in [-0.05, 0) is 66.4 Å². The fourth-order valence-corrected chi connectivity index (χ4v) is 3.64. The highest BCUT2D eigenvalue weighted by Gasteiger charge is 2.31. The fraction of sp³-hybridized carbons (Fsp3) is 0.269. The van der Waals surface area contributed by atoms with Gasteiger partial charge in [-0.25, -0.2) is 0 Å². The number of ether oxygens (including phenoxy) is 1. The van der Waals surface area contributed by atoms with Crippen LogP contribution in [0.1, 0.15) is 28.8 Å². The van der Waals surface area contributed by atoms with E-state index in [-0.39, 0.29) is 23.5 Å². The quantitative estimate of drug-likeness (QED) is 0.305. The molecule has 9 nitrogen and oxygen atoms in total. The van der Waals surface area contributed by atoms with Gasteiger partial charge in [0.1, 0.15) is 18.0 Å². The Morgan fingerprint density at radius 3 is 2.26 bits per heavy atom. The molecule has 9 heteroatoms. The van der Waals surface area contributed by atoms with Crippen molar-refractivity contribution in [3.63, 3.8) is 0 Å². The number of fused-ring (bicyclic) bond motifs is 1. The maximum absolute atomic E-state index is 13.5. The van der Waals surface area contributed by atoms with E-state index in [1.54, 1.807) is 24.3 Å². The minimum absolute atomic E-state index is 0.0582. The number of imide groups is 1. The summed E-state index contributed by atoms with van der Waals surface area (Å²) >= 11 is 0. The van der Waals surface area contributed by atoms with Gasteiger partial charge in [0, 0.05) is 0 Å². The van der Waals surface area contributed by atoms with Gasteiger partial charge < -0.3 is 26.4 Å². The molecule has 0 saturated carbocycles. The highest BCUT2D eigenvalue weighted by atomic mass is 16.5. The van der Waals surface area contributed by atoms with Crippen LogP contribution in [0.25, 0.3) is 10.8 Å². The summed E-state index contributed by atoms with van der Waals surface area (Å²) < 4.78 is 5.85. The lowest BCUT2D eigenvalue weighted by molar-refractivity contribution is -0.143. The monoisotopic (exact) mass is 479 g/mol. The number of hydrogen-bond acceptors (Lipinski definition) is 7. The van der Waals surface area contributed by atoms with Crippen molar-refractivity contribution in [2.45, 2.75) is 25.3 Å². The van der Waals surface area contributed by atoms with Gasteiger partial charge in [-0.3, -0.25) is 19.3 Å². The van der Waals surface area contributed by atoms with Crippen LogP contribution in [0.2, 0.25) is 0 Å². The second kappa shape index (κ2) is 12.0.